The van der Waals surface area contributed by atoms with Crippen LogP contribution in [0.5, 0.6) is 0 Å². The number of hydrogen-bond acceptors (Lipinski definition) is 5. The number of pyridine rings is 1. The first-order valence-electron chi connectivity index (χ1n) is 7.24. The highest BCUT2D eigenvalue weighted by molar-refractivity contribution is 9.10. The summed E-state index contributed by atoms with van der Waals surface area (Å²) in [6.45, 7) is 2.88. The van der Waals surface area contributed by atoms with Crippen LogP contribution >= 0.6 is 15.9 Å². The molecule has 7 heteroatoms. The van der Waals surface area contributed by atoms with E-state index < -0.39 is 0 Å². The van der Waals surface area contributed by atoms with Crippen molar-refractivity contribution in [3.8, 4) is 0 Å². The maximum atomic E-state index is 4.71. The summed E-state index contributed by atoms with van der Waals surface area (Å²) in [5.74, 6) is 1.41. The molecule has 1 aromatic carbocycles. The Balaban J connectivity index is 2.01. The average molecular weight is 369 g/mol. The lowest BCUT2D eigenvalue weighted by molar-refractivity contribution is 0.987. The number of halogens is 1. The quantitative estimate of drug-likeness (QED) is 0.552. The van der Waals surface area contributed by atoms with Crippen LogP contribution < -0.4 is 4.90 Å². The number of hydrogen-bond donors (Lipinski definition) is 0. The van der Waals surface area contributed by atoms with E-state index in [1.807, 2.05) is 28.8 Å². The number of rotatable bonds is 3. The van der Waals surface area contributed by atoms with E-state index in [-0.39, 0.29) is 0 Å². The maximum absolute atomic E-state index is 4.71. The van der Waals surface area contributed by atoms with Crippen LogP contribution in [0.4, 0.5) is 11.5 Å². The smallest absolute Gasteiger partial charge is 0.257 e. The standard InChI is InChI=1S/C16H13BrN6/c1-2-22(12-5-3-4-11(17)8-12)15-13-6-7-18-9-14(13)23-10-19-21-16(23)20-15/h3-10H,2H2,1H3. The SMILES string of the molecule is CCN(c1cccc(Br)c1)c1nc2nncn2c2cnccc12. The molecule has 3 aromatic heterocycles. The van der Waals surface area contributed by atoms with Crippen molar-refractivity contribution >= 4 is 44.1 Å². The Morgan fingerprint density at radius 3 is 3.00 bits per heavy atom. The summed E-state index contributed by atoms with van der Waals surface area (Å²) < 4.78 is 2.88. The molecule has 4 aromatic rings. The van der Waals surface area contributed by atoms with Crippen molar-refractivity contribution in [1.82, 2.24) is 24.6 Å². The van der Waals surface area contributed by atoms with Crippen LogP contribution in [0.25, 0.3) is 16.7 Å². The van der Waals surface area contributed by atoms with Crippen molar-refractivity contribution in [1.29, 1.82) is 0 Å². The molecule has 0 unspecified atom stereocenters. The number of anilines is 2. The lowest BCUT2D eigenvalue weighted by Crippen LogP contribution is -2.18. The number of nitrogens with zero attached hydrogens (tertiary/aromatic N) is 6. The summed E-state index contributed by atoms with van der Waals surface area (Å²) in [6, 6.07) is 10.1. The summed E-state index contributed by atoms with van der Waals surface area (Å²) >= 11 is 3.53. The van der Waals surface area contributed by atoms with E-state index in [1.54, 1.807) is 12.5 Å². The number of fused-ring (bicyclic) bond motifs is 3. The molecule has 0 atom stereocenters. The molecule has 0 aliphatic rings. The minimum atomic E-state index is 0.564. The van der Waals surface area contributed by atoms with Gasteiger partial charge in [0.2, 0.25) is 0 Å². The van der Waals surface area contributed by atoms with Crippen molar-refractivity contribution < 1.29 is 0 Å². The molecule has 0 saturated heterocycles. The highest BCUT2D eigenvalue weighted by Gasteiger charge is 2.16. The van der Waals surface area contributed by atoms with E-state index in [1.165, 1.54) is 0 Å². The molecule has 0 aliphatic heterocycles. The third-order valence-corrected chi connectivity index (χ3v) is 4.22. The van der Waals surface area contributed by atoms with Gasteiger partial charge in [0, 0.05) is 28.3 Å². The molecule has 0 fully saturated rings. The second-order valence-electron chi connectivity index (χ2n) is 5.05. The van der Waals surface area contributed by atoms with Gasteiger partial charge in [-0.15, -0.1) is 10.2 Å². The summed E-state index contributed by atoms with van der Waals surface area (Å²) in [4.78, 5) is 11.1. The third-order valence-electron chi connectivity index (χ3n) is 3.73. The Hall–Kier alpha value is -2.54. The van der Waals surface area contributed by atoms with E-state index in [0.717, 1.165) is 33.4 Å². The van der Waals surface area contributed by atoms with Crippen LogP contribution in [0.2, 0.25) is 0 Å². The molecule has 0 radical (unpaired) electrons. The van der Waals surface area contributed by atoms with Crippen molar-refractivity contribution in [2.75, 3.05) is 11.4 Å². The zero-order valence-corrected chi connectivity index (χ0v) is 14.0. The first kappa shape index (κ1) is 14.1. The van der Waals surface area contributed by atoms with E-state index in [9.17, 15) is 0 Å². The van der Waals surface area contributed by atoms with Gasteiger partial charge in [0.25, 0.3) is 5.78 Å². The molecule has 0 spiro atoms. The molecule has 4 rings (SSSR count). The van der Waals surface area contributed by atoms with Gasteiger partial charge < -0.3 is 4.90 Å². The van der Waals surface area contributed by atoms with Gasteiger partial charge in [-0.05, 0) is 31.2 Å². The average Bonchev–Trinajstić information content (AvgIpc) is 3.04. The molecular formula is C16H13BrN6. The Labute approximate surface area is 140 Å². The summed E-state index contributed by atoms with van der Waals surface area (Å²) in [5, 5.41) is 9.07. The van der Waals surface area contributed by atoms with Gasteiger partial charge in [0.15, 0.2) is 0 Å². The molecule has 3 heterocycles. The molecule has 0 bridgehead atoms. The first-order chi connectivity index (χ1) is 11.3. The molecular weight excluding hydrogens is 356 g/mol. The third kappa shape index (κ3) is 2.33. The highest BCUT2D eigenvalue weighted by atomic mass is 79.9. The Morgan fingerprint density at radius 1 is 1.26 bits per heavy atom. The van der Waals surface area contributed by atoms with Crippen LogP contribution in [0.3, 0.4) is 0 Å². The van der Waals surface area contributed by atoms with E-state index in [4.69, 9.17) is 4.98 Å². The lowest BCUT2D eigenvalue weighted by atomic mass is 10.2. The molecule has 6 nitrogen and oxygen atoms in total. The molecule has 0 N–H and O–H groups in total. The predicted octanol–water partition coefficient (Wildman–Crippen LogP) is 3.59. The van der Waals surface area contributed by atoms with E-state index >= 15 is 0 Å². The molecule has 0 amide bonds. The van der Waals surface area contributed by atoms with Gasteiger partial charge in [-0.3, -0.25) is 9.38 Å². The number of benzene rings is 1. The van der Waals surface area contributed by atoms with Crippen LogP contribution in [0.1, 0.15) is 6.92 Å². The van der Waals surface area contributed by atoms with Crippen LogP contribution in [-0.4, -0.2) is 31.1 Å². The summed E-state index contributed by atoms with van der Waals surface area (Å²) in [5.41, 5.74) is 2.00. The zero-order valence-electron chi connectivity index (χ0n) is 12.4. The van der Waals surface area contributed by atoms with Crippen LogP contribution in [0.15, 0.2) is 53.5 Å². The first-order valence-corrected chi connectivity index (χ1v) is 8.04. The molecule has 23 heavy (non-hydrogen) atoms. The number of aromatic nitrogens is 5. The van der Waals surface area contributed by atoms with Gasteiger partial charge in [-0.1, -0.05) is 22.0 Å². The van der Waals surface area contributed by atoms with E-state index in [2.05, 4.69) is 55.1 Å². The highest BCUT2D eigenvalue weighted by Crippen LogP contribution is 2.31. The Morgan fingerprint density at radius 2 is 2.17 bits per heavy atom. The summed E-state index contributed by atoms with van der Waals surface area (Å²) in [7, 11) is 0. The minimum absolute atomic E-state index is 0.564. The van der Waals surface area contributed by atoms with Gasteiger partial charge in [-0.25, -0.2) is 0 Å². The van der Waals surface area contributed by atoms with Gasteiger partial charge in [0.05, 0.1) is 11.7 Å². The fraction of sp³-hybridized carbons (Fsp3) is 0.125. The van der Waals surface area contributed by atoms with Crippen LogP contribution in [0, 0.1) is 0 Å². The lowest BCUT2D eigenvalue weighted by Gasteiger charge is -2.23. The molecule has 0 saturated carbocycles. The second kappa shape index (κ2) is 5.58. The van der Waals surface area contributed by atoms with E-state index in [0.29, 0.717) is 5.78 Å². The topological polar surface area (TPSA) is 59.2 Å². The van der Waals surface area contributed by atoms with Gasteiger partial charge >= 0.3 is 0 Å². The Bertz CT molecular complexity index is 996. The van der Waals surface area contributed by atoms with Crippen molar-refractivity contribution in [2.24, 2.45) is 0 Å². The maximum Gasteiger partial charge on any atom is 0.257 e. The second-order valence-corrected chi connectivity index (χ2v) is 5.97. The summed E-state index contributed by atoms with van der Waals surface area (Å²) in [6.07, 6.45) is 5.25. The van der Waals surface area contributed by atoms with Crippen LogP contribution in [-0.2, 0) is 0 Å². The Kier molecular flexibility index (Phi) is 3.42. The predicted molar refractivity (Wildman–Crippen MR) is 92.9 cm³/mol. The van der Waals surface area contributed by atoms with Crippen molar-refractivity contribution in [2.45, 2.75) is 6.92 Å². The minimum Gasteiger partial charge on any atom is -0.326 e. The molecule has 0 aliphatic carbocycles. The van der Waals surface area contributed by atoms with Gasteiger partial charge in [-0.2, -0.15) is 4.98 Å². The monoisotopic (exact) mass is 368 g/mol. The van der Waals surface area contributed by atoms with Crippen molar-refractivity contribution in [3.05, 3.63) is 53.5 Å². The molecule has 114 valence electrons. The largest absolute Gasteiger partial charge is 0.326 e. The fourth-order valence-electron chi connectivity index (χ4n) is 2.70. The zero-order chi connectivity index (χ0) is 15.8. The fourth-order valence-corrected chi connectivity index (χ4v) is 3.09. The van der Waals surface area contributed by atoms with Crippen molar-refractivity contribution in [3.63, 3.8) is 0 Å². The normalized spacial score (nSPS) is 11.2. The van der Waals surface area contributed by atoms with Gasteiger partial charge in [0.1, 0.15) is 12.1 Å².